The predicted octanol–water partition coefficient (Wildman–Crippen LogP) is 3.41. The average molecular weight is 394 g/mol. The van der Waals surface area contributed by atoms with Crippen LogP contribution >= 0.6 is 0 Å². The molecule has 0 saturated carbocycles. The first-order chi connectivity index (χ1) is 14.0. The second-order valence-corrected chi connectivity index (χ2v) is 7.16. The summed E-state index contributed by atoms with van der Waals surface area (Å²) in [5.41, 5.74) is 3.22. The summed E-state index contributed by atoms with van der Waals surface area (Å²) in [6, 6.07) is 14.6. The highest BCUT2D eigenvalue weighted by Crippen LogP contribution is 2.22. The van der Waals surface area contributed by atoms with Gasteiger partial charge in [-0.15, -0.1) is 0 Å². The van der Waals surface area contributed by atoms with E-state index in [2.05, 4.69) is 12.2 Å². The molecule has 2 amide bonds. The highest BCUT2D eigenvalue weighted by molar-refractivity contribution is 5.97. The first-order valence-corrected chi connectivity index (χ1v) is 9.93. The largest absolute Gasteiger partial charge is 0.452 e. The highest BCUT2D eigenvalue weighted by atomic mass is 16.5. The molecule has 29 heavy (non-hydrogen) atoms. The van der Waals surface area contributed by atoms with Crippen molar-refractivity contribution < 1.29 is 19.1 Å². The molecule has 1 atom stereocenters. The number of aryl methyl sites for hydroxylation is 1. The fourth-order valence-electron chi connectivity index (χ4n) is 3.34. The number of anilines is 1. The van der Waals surface area contributed by atoms with E-state index in [1.165, 1.54) is 5.56 Å². The Bertz CT molecular complexity index is 892. The van der Waals surface area contributed by atoms with Crippen molar-refractivity contribution in [3.8, 4) is 0 Å². The van der Waals surface area contributed by atoms with Gasteiger partial charge in [-0.25, -0.2) is 4.79 Å². The van der Waals surface area contributed by atoms with Crippen molar-refractivity contribution in [3.63, 3.8) is 0 Å². The second kappa shape index (κ2) is 9.37. The number of benzene rings is 2. The van der Waals surface area contributed by atoms with Crippen LogP contribution in [0.25, 0.3) is 0 Å². The number of nitrogens with zero attached hydrogens (tertiary/aromatic N) is 1. The van der Waals surface area contributed by atoms with Gasteiger partial charge in [0.1, 0.15) is 0 Å². The minimum Gasteiger partial charge on any atom is -0.452 e. The summed E-state index contributed by atoms with van der Waals surface area (Å²) in [5.74, 6) is -0.902. The van der Waals surface area contributed by atoms with Crippen LogP contribution in [0.1, 0.15) is 54.2 Å². The maximum atomic E-state index is 12.3. The van der Waals surface area contributed by atoms with Crippen molar-refractivity contribution in [1.82, 2.24) is 5.32 Å². The zero-order chi connectivity index (χ0) is 20.8. The van der Waals surface area contributed by atoms with Crippen LogP contribution in [0.5, 0.6) is 0 Å². The summed E-state index contributed by atoms with van der Waals surface area (Å²) < 4.78 is 5.15. The van der Waals surface area contributed by atoms with Crippen LogP contribution in [0.3, 0.4) is 0 Å². The Kier molecular flexibility index (Phi) is 6.65. The first kappa shape index (κ1) is 20.6. The average Bonchev–Trinajstić information content (AvgIpc) is 3.18. The molecule has 6 heteroatoms. The summed E-state index contributed by atoms with van der Waals surface area (Å²) in [5, 5.41) is 2.83. The zero-order valence-electron chi connectivity index (χ0n) is 16.8. The molecule has 1 saturated heterocycles. The summed E-state index contributed by atoms with van der Waals surface area (Å²) in [7, 11) is 0. The Labute approximate surface area is 170 Å². The molecule has 1 aliphatic rings. The second-order valence-electron chi connectivity index (χ2n) is 7.16. The minimum atomic E-state index is -0.589. The highest BCUT2D eigenvalue weighted by Gasteiger charge is 2.22. The number of amides is 2. The van der Waals surface area contributed by atoms with E-state index >= 15 is 0 Å². The zero-order valence-corrected chi connectivity index (χ0v) is 16.8. The SMILES string of the molecule is CCc1ccc([C@H](C)NC(=O)COC(=O)c2cccc(N3CCCC3=O)c2)cc1. The molecule has 0 aromatic heterocycles. The maximum Gasteiger partial charge on any atom is 0.338 e. The lowest BCUT2D eigenvalue weighted by molar-refractivity contribution is -0.124. The normalized spacial score (nSPS) is 14.6. The van der Waals surface area contributed by atoms with Crippen molar-refractivity contribution in [1.29, 1.82) is 0 Å². The molecular weight excluding hydrogens is 368 g/mol. The fraction of sp³-hybridized carbons (Fsp3) is 0.348. The van der Waals surface area contributed by atoms with Crippen LogP contribution in [0, 0.1) is 0 Å². The van der Waals surface area contributed by atoms with Crippen molar-refractivity contribution >= 4 is 23.5 Å². The minimum absolute atomic E-state index is 0.0517. The molecule has 1 N–H and O–H groups in total. The molecule has 1 heterocycles. The van der Waals surface area contributed by atoms with E-state index in [9.17, 15) is 14.4 Å². The Balaban J connectivity index is 1.53. The summed E-state index contributed by atoms with van der Waals surface area (Å²) in [6.07, 6.45) is 2.30. The Morgan fingerprint density at radius 1 is 1.17 bits per heavy atom. The number of hydrogen-bond donors (Lipinski definition) is 1. The van der Waals surface area contributed by atoms with E-state index in [1.807, 2.05) is 31.2 Å². The van der Waals surface area contributed by atoms with Gasteiger partial charge in [0, 0.05) is 18.7 Å². The number of esters is 1. The monoisotopic (exact) mass is 394 g/mol. The summed E-state index contributed by atoms with van der Waals surface area (Å²) >= 11 is 0. The van der Waals surface area contributed by atoms with Gasteiger partial charge in [0.05, 0.1) is 11.6 Å². The van der Waals surface area contributed by atoms with Crippen LogP contribution < -0.4 is 10.2 Å². The third kappa shape index (κ3) is 5.22. The van der Waals surface area contributed by atoms with E-state index in [1.54, 1.807) is 29.2 Å². The molecule has 0 bridgehead atoms. The summed E-state index contributed by atoms with van der Waals surface area (Å²) in [4.78, 5) is 38.0. The van der Waals surface area contributed by atoms with Gasteiger partial charge >= 0.3 is 5.97 Å². The molecule has 1 aliphatic heterocycles. The van der Waals surface area contributed by atoms with Gasteiger partial charge in [-0.3, -0.25) is 9.59 Å². The number of hydrogen-bond acceptors (Lipinski definition) is 4. The first-order valence-electron chi connectivity index (χ1n) is 9.93. The van der Waals surface area contributed by atoms with Crippen LogP contribution in [-0.2, 0) is 20.7 Å². The van der Waals surface area contributed by atoms with E-state index < -0.39 is 5.97 Å². The van der Waals surface area contributed by atoms with Gasteiger partial charge in [-0.2, -0.15) is 0 Å². The summed E-state index contributed by atoms with van der Waals surface area (Å²) in [6.45, 7) is 4.27. The molecule has 152 valence electrons. The molecule has 2 aromatic rings. The smallest absolute Gasteiger partial charge is 0.338 e. The van der Waals surface area contributed by atoms with Crippen molar-refractivity contribution in [3.05, 3.63) is 65.2 Å². The van der Waals surface area contributed by atoms with Crippen LogP contribution in [0.2, 0.25) is 0 Å². The molecule has 0 radical (unpaired) electrons. The van der Waals surface area contributed by atoms with Gasteiger partial charge in [0.25, 0.3) is 5.91 Å². The number of carbonyl (C=O) groups excluding carboxylic acids is 3. The molecular formula is C23H26N2O4. The molecule has 0 unspecified atom stereocenters. The standard InChI is InChI=1S/C23H26N2O4/c1-3-17-9-11-18(12-10-17)16(2)24-21(26)15-29-23(28)19-6-4-7-20(14-19)25-13-5-8-22(25)27/h4,6-7,9-12,14,16H,3,5,8,13,15H2,1-2H3,(H,24,26)/t16-/m0/s1. The third-order valence-electron chi connectivity index (χ3n) is 5.07. The van der Waals surface area contributed by atoms with E-state index in [0.717, 1.165) is 18.4 Å². The molecule has 6 nitrogen and oxygen atoms in total. The van der Waals surface area contributed by atoms with Crippen molar-refractivity contribution in [2.24, 2.45) is 0 Å². The third-order valence-corrected chi connectivity index (χ3v) is 5.07. The lowest BCUT2D eigenvalue weighted by Gasteiger charge is -2.17. The molecule has 0 aliphatic carbocycles. The number of nitrogens with one attached hydrogen (secondary N) is 1. The lowest BCUT2D eigenvalue weighted by Crippen LogP contribution is -2.31. The van der Waals surface area contributed by atoms with Crippen LogP contribution in [0.4, 0.5) is 5.69 Å². The molecule has 1 fully saturated rings. The van der Waals surface area contributed by atoms with E-state index in [-0.39, 0.29) is 24.5 Å². The maximum absolute atomic E-state index is 12.3. The molecule has 3 rings (SSSR count). The van der Waals surface area contributed by atoms with E-state index in [0.29, 0.717) is 24.2 Å². The van der Waals surface area contributed by atoms with Gasteiger partial charge in [0.2, 0.25) is 5.91 Å². The number of carbonyl (C=O) groups is 3. The molecule has 0 spiro atoms. The Hall–Kier alpha value is -3.15. The number of ether oxygens (including phenoxy) is 1. The quantitative estimate of drug-likeness (QED) is 0.730. The van der Waals surface area contributed by atoms with E-state index in [4.69, 9.17) is 4.74 Å². The lowest BCUT2D eigenvalue weighted by atomic mass is 10.1. The number of rotatable bonds is 7. The topological polar surface area (TPSA) is 75.7 Å². The van der Waals surface area contributed by atoms with Gasteiger partial charge < -0.3 is 15.0 Å². The van der Waals surface area contributed by atoms with Crippen molar-refractivity contribution in [2.45, 2.75) is 39.2 Å². The Morgan fingerprint density at radius 3 is 2.59 bits per heavy atom. The van der Waals surface area contributed by atoms with Gasteiger partial charge in [-0.1, -0.05) is 37.3 Å². The van der Waals surface area contributed by atoms with Crippen molar-refractivity contribution in [2.75, 3.05) is 18.1 Å². The Morgan fingerprint density at radius 2 is 1.93 bits per heavy atom. The van der Waals surface area contributed by atoms with Crippen LogP contribution in [-0.4, -0.2) is 30.9 Å². The fourth-order valence-corrected chi connectivity index (χ4v) is 3.34. The van der Waals surface area contributed by atoms with Gasteiger partial charge in [0.15, 0.2) is 6.61 Å². The molecule has 2 aromatic carbocycles. The van der Waals surface area contributed by atoms with Crippen LogP contribution in [0.15, 0.2) is 48.5 Å². The predicted molar refractivity (Wildman–Crippen MR) is 111 cm³/mol. The van der Waals surface area contributed by atoms with Gasteiger partial charge in [-0.05, 0) is 49.1 Å².